The molecule has 2 heterocycles. The molecule has 0 aliphatic carbocycles. The lowest BCUT2D eigenvalue weighted by Gasteiger charge is -2.29. The Balaban J connectivity index is 2.13. The highest BCUT2D eigenvalue weighted by Gasteiger charge is 2.27. The van der Waals surface area contributed by atoms with E-state index in [0.29, 0.717) is 19.5 Å². The maximum absolute atomic E-state index is 12.0. The standard InChI is InChI=1S/C11H13N3O3/c1-7-6-14(5-4-9(7)15)11(17)8-2-3-10(16)13-12-8/h2-3,7H,4-6H2,1H3,(H,13,16). The van der Waals surface area contributed by atoms with E-state index in [9.17, 15) is 14.4 Å². The van der Waals surface area contributed by atoms with Gasteiger partial charge in [-0.25, -0.2) is 5.10 Å². The minimum atomic E-state index is -0.344. The molecule has 0 aromatic carbocycles. The van der Waals surface area contributed by atoms with Gasteiger partial charge in [-0.3, -0.25) is 14.4 Å². The van der Waals surface area contributed by atoms with E-state index in [0.717, 1.165) is 0 Å². The van der Waals surface area contributed by atoms with Crippen molar-refractivity contribution in [1.82, 2.24) is 15.1 Å². The van der Waals surface area contributed by atoms with Crippen molar-refractivity contribution in [3.05, 3.63) is 28.2 Å². The fraction of sp³-hybridized carbons (Fsp3) is 0.455. The van der Waals surface area contributed by atoms with Gasteiger partial charge in [0.2, 0.25) is 0 Å². The van der Waals surface area contributed by atoms with Gasteiger partial charge in [-0.05, 0) is 6.07 Å². The SMILES string of the molecule is CC1CN(C(=O)c2ccc(=O)[nH]n2)CCC1=O. The summed E-state index contributed by atoms with van der Waals surface area (Å²) in [6.07, 6.45) is 0.385. The van der Waals surface area contributed by atoms with Gasteiger partial charge in [0.1, 0.15) is 11.5 Å². The predicted molar refractivity (Wildman–Crippen MR) is 59.5 cm³/mol. The highest BCUT2D eigenvalue weighted by Crippen LogP contribution is 2.14. The second kappa shape index (κ2) is 4.48. The number of nitrogens with zero attached hydrogens (tertiary/aromatic N) is 2. The maximum atomic E-state index is 12.0. The fourth-order valence-electron chi connectivity index (χ4n) is 1.83. The van der Waals surface area contributed by atoms with Crippen LogP contribution in [0.15, 0.2) is 16.9 Å². The molecular formula is C11H13N3O3. The van der Waals surface area contributed by atoms with Crippen molar-refractivity contribution in [1.29, 1.82) is 0 Å². The van der Waals surface area contributed by atoms with E-state index in [1.165, 1.54) is 12.1 Å². The Kier molecular flexibility index (Phi) is 3.03. The Labute approximate surface area is 97.6 Å². The molecule has 1 amide bonds. The zero-order chi connectivity index (χ0) is 12.4. The lowest BCUT2D eigenvalue weighted by atomic mass is 9.98. The number of hydrogen-bond donors (Lipinski definition) is 1. The number of ketones is 1. The van der Waals surface area contributed by atoms with Crippen LogP contribution in [0.25, 0.3) is 0 Å². The largest absolute Gasteiger partial charge is 0.336 e. The molecule has 1 aromatic heterocycles. The van der Waals surface area contributed by atoms with Gasteiger partial charge in [0, 0.05) is 31.5 Å². The van der Waals surface area contributed by atoms with Crippen molar-refractivity contribution >= 4 is 11.7 Å². The van der Waals surface area contributed by atoms with Crippen LogP contribution in [-0.4, -0.2) is 39.9 Å². The molecule has 1 aromatic rings. The average Bonchev–Trinajstić information content (AvgIpc) is 2.33. The lowest BCUT2D eigenvalue weighted by molar-refractivity contribution is -0.124. The van der Waals surface area contributed by atoms with Crippen LogP contribution in [0.1, 0.15) is 23.8 Å². The van der Waals surface area contributed by atoms with Gasteiger partial charge in [0.15, 0.2) is 0 Å². The molecule has 0 spiro atoms. The highest BCUT2D eigenvalue weighted by atomic mass is 16.2. The number of rotatable bonds is 1. The maximum Gasteiger partial charge on any atom is 0.274 e. The van der Waals surface area contributed by atoms with Crippen LogP contribution in [0.2, 0.25) is 0 Å². The van der Waals surface area contributed by atoms with E-state index in [1.807, 2.05) is 6.92 Å². The van der Waals surface area contributed by atoms with Gasteiger partial charge in [0.25, 0.3) is 11.5 Å². The van der Waals surface area contributed by atoms with Gasteiger partial charge in [-0.1, -0.05) is 6.92 Å². The molecule has 0 saturated carbocycles. The van der Waals surface area contributed by atoms with Crippen LogP contribution in [0.5, 0.6) is 0 Å². The Hall–Kier alpha value is -1.98. The van der Waals surface area contributed by atoms with Gasteiger partial charge in [0.05, 0.1) is 0 Å². The summed E-state index contributed by atoms with van der Waals surface area (Å²) in [5, 5.41) is 5.90. The van der Waals surface area contributed by atoms with Gasteiger partial charge < -0.3 is 4.90 Å². The molecule has 6 heteroatoms. The summed E-state index contributed by atoms with van der Waals surface area (Å²) in [4.78, 5) is 35.8. The van der Waals surface area contributed by atoms with E-state index in [-0.39, 0.29) is 28.9 Å². The summed E-state index contributed by atoms with van der Waals surface area (Å²) in [6, 6.07) is 2.65. The number of H-pyrrole nitrogens is 1. The summed E-state index contributed by atoms with van der Waals surface area (Å²) >= 11 is 0. The molecule has 1 fully saturated rings. The molecule has 1 aliphatic rings. The van der Waals surface area contributed by atoms with E-state index < -0.39 is 0 Å². The smallest absolute Gasteiger partial charge is 0.274 e. The summed E-state index contributed by atoms with van der Waals surface area (Å²) < 4.78 is 0. The van der Waals surface area contributed by atoms with Crippen molar-refractivity contribution in [2.24, 2.45) is 5.92 Å². The molecule has 1 unspecified atom stereocenters. The van der Waals surface area contributed by atoms with Gasteiger partial charge in [-0.2, -0.15) is 5.10 Å². The van der Waals surface area contributed by atoms with E-state index in [2.05, 4.69) is 10.2 Å². The van der Waals surface area contributed by atoms with Crippen molar-refractivity contribution in [2.75, 3.05) is 13.1 Å². The fourth-order valence-corrected chi connectivity index (χ4v) is 1.83. The number of aromatic nitrogens is 2. The lowest BCUT2D eigenvalue weighted by Crippen LogP contribution is -2.43. The zero-order valence-electron chi connectivity index (χ0n) is 9.47. The van der Waals surface area contributed by atoms with Crippen LogP contribution in [-0.2, 0) is 4.79 Å². The van der Waals surface area contributed by atoms with Crippen LogP contribution in [0, 0.1) is 5.92 Å². The van der Waals surface area contributed by atoms with Crippen LogP contribution in [0.3, 0.4) is 0 Å². The Bertz CT molecular complexity index is 488. The number of Topliss-reactive ketones (excluding diaryl/α,β-unsaturated/α-hetero) is 1. The molecule has 1 atom stereocenters. The number of likely N-dealkylation sites (tertiary alicyclic amines) is 1. The van der Waals surface area contributed by atoms with Crippen LogP contribution >= 0.6 is 0 Å². The minimum absolute atomic E-state index is 0.129. The summed E-state index contributed by atoms with van der Waals surface area (Å²) in [7, 11) is 0. The number of amides is 1. The molecule has 0 bridgehead atoms. The first-order chi connectivity index (χ1) is 8.08. The third kappa shape index (κ3) is 2.41. The van der Waals surface area contributed by atoms with Crippen LogP contribution in [0.4, 0.5) is 0 Å². The highest BCUT2D eigenvalue weighted by molar-refractivity contribution is 5.93. The Morgan fingerprint density at radius 3 is 2.82 bits per heavy atom. The monoisotopic (exact) mass is 235 g/mol. The third-order valence-electron chi connectivity index (χ3n) is 2.86. The minimum Gasteiger partial charge on any atom is -0.336 e. The quantitative estimate of drug-likeness (QED) is 0.732. The van der Waals surface area contributed by atoms with Crippen molar-refractivity contribution < 1.29 is 9.59 Å². The zero-order valence-corrected chi connectivity index (χ0v) is 9.47. The van der Waals surface area contributed by atoms with Gasteiger partial charge >= 0.3 is 0 Å². The topological polar surface area (TPSA) is 83.1 Å². The molecular weight excluding hydrogens is 222 g/mol. The molecule has 1 saturated heterocycles. The molecule has 90 valence electrons. The molecule has 1 N–H and O–H groups in total. The molecule has 0 radical (unpaired) electrons. The molecule has 6 nitrogen and oxygen atoms in total. The summed E-state index contributed by atoms with van der Waals surface area (Å²) in [5.41, 5.74) is -0.144. The predicted octanol–water partition coefficient (Wildman–Crippen LogP) is -0.179. The van der Waals surface area contributed by atoms with E-state index in [4.69, 9.17) is 0 Å². The summed E-state index contributed by atoms with van der Waals surface area (Å²) in [6.45, 7) is 2.64. The molecule has 2 rings (SSSR count). The molecule has 17 heavy (non-hydrogen) atoms. The first-order valence-electron chi connectivity index (χ1n) is 5.45. The second-order valence-electron chi connectivity index (χ2n) is 4.17. The number of aromatic amines is 1. The van der Waals surface area contributed by atoms with Crippen LogP contribution < -0.4 is 5.56 Å². The Morgan fingerprint density at radius 2 is 2.24 bits per heavy atom. The van der Waals surface area contributed by atoms with E-state index >= 15 is 0 Å². The number of piperidine rings is 1. The second-order valence-corrected chi connectivity index (χ2v) is 4.17. The van der Waals surface area contributed by atoms with Crippen molar-refractivity contribution in [3.63, 3.8) is 0 Å². The number of hydrogen-bond acceptors (Lipinski definition) is 4. The van der Waals surface area contributed by atoms with Crippen molar-refractivity contribution in [3.8, 4) is 0 Å². The third-order valence-corrected chi connectivity index (χ3v) is 2.86. The van der Waals surface area contributed by atoms with Crippen molar-refractivity contribution in [2.45, 2.75) is 13.3 Å². The first-order valence-corrected chi connectivity index (χ1v) is 5.45. The number of carbonyl (C=O) groups is 2. The Morgan fingerprint density at radius 1 is 1.47 bits per heavy atom. The van der Waals surface area contributed by atoms with E-state index in [1.54, 1.807) is 4.90 Å². The average molecular weight is 235 g/mol. The molecule has 1 aliphatic heterocycles. The van der Waals surface area contributed by atoms with Gasteiger partial charge in [-0.15, -0.1) is 0 Å². The number of nitrogens with one attached hydrogen (secondary N) is 1. The summed E-state index contributed by atoms with van der Waals surface area (Å²) in [5.74, 6) is -0.195. The number of carbonyl (C=O) groups excluding carboxylic acids is 2. The normalized spacial score (nSPS) is 20.4. The first kappa shape index (κ1) is 11.5.